The van der Waals surface area contributed by atoms with E-state index in [1.807, 2.05) is 0 Å². The summed E-state index contributed by atoms with van der Waals surface area (Å²) < 4.78 is 121. The fraction of sp³-hybridized carbons (Fsp3) is 0.800. The van der Waals surface area contributed by atoms with Crippen molar-refractivity contribution in [1.82, 2.24) is 0 Å². The van der Waals surface area contributed by atoms with E-state index in [1.165, 1.54) is 0 Å². The molecule has 3 unspecified atom stereocenters. The fourth-order valence-corrected chi connectivity index (χ4v) is 3.19. The van der Waals surface area contributed by atoms with E-state index in [4.69, 9.17) is 4.74 Å². The van der Waals surface area contributed by atoms with Crippen LogP contribution in [0.3, 0.4) is 0 Å². The summed E-state index contributed by atoms with van der Waals surface area (Å²) in [7, 11) is 0. The van der Waals surface area contributed by atoms with Gasteiger partial charge in [0.05, 0.1) is 0 Å². The lowest BCUT2D eigenvalue weighted by molar-refractivity contribution is -0.389. The van der Waals surface area contributed by atoms with Gasteiger partial charge in [0.2, 0.25) is 0 Å². The van der Waals surface area contributed by atoms with Gasteiger partial charge in [-0.3, -0.25) is 0 Å². The second-order valence-corrected chi connectivity index (χ2v) is 6.66. The van der Waals surface area contributed by atoms with Gasteiger partial charge in [-0.1, -0.05) is 6.58 Å². The molecule has 1 fully saturated rings. The summed E-state index contributed by atoms with van der Waals surface area (Å²) in [4.78, 5) is 11.5. The van der Waals surface area contributed by atoms with Crippen LogP contribution in [0.4, 0.5) is 39.5 Å². The zero-order valence-electron chi connectivity index (χ0n) is 13.9. The highest BCUT2D eigenvalue weighted by atomic mass is 19.4. The van der Waals surface area contributed by atoms with Crippen LogP contribution >= 0.6 is 0 Å². The third-order valence-corrected chi connectivity index (χ3v) is 4.36. The van der Waals surface area contributed by atoms with Crippen molar-refractivity contribution < 1.29 is 54.2 Å². The summed E-state index contributed by atoms with van der Waals surface area (Å²) in [6.07, 6.45) is -23.4. The number of halogens is 9. The van der Waals surface area contributed by atoms with Crippen molar-refractivity contribution in [3.63, 3.8) is 0 Å². The lowest BCUT2D eigenvalue weighted by Gasteiger charge is -2.44. The van der Waals surface area contributed by atoms with Crippen LogP contribution in [0.1, 0.15) is 32.6 Å². The standard InChI is InChI=1S/C15H17F9O3/c1-7(2)11(25)27-10-4-8(6-12(16,17)18)3-9(5-10)13(26,14(19,20)21)15(22,23)24/h8-10,26H,1,3-6H2,2H3. The first-order valence-electron chi connectivity index (χ1n) is 7.67. The average molecular weight is 416 g/mol. The molecule has 1 aliphatic rings. The number of aliphatic hydroxyl groups is 1. The third-order valence-electron chi connectivity index (χ3n) is 4.36. The highest BCUT2D eigenvalue weighted by molar-refractivity contribution is 5.87. The Morgan fingerprint density at radius 3 is 1.85 bits per heavy atom. The van der Waals surface area contributed by atoms with Gasteiger partial charge in [0.15, 0.2) is 0 Å². The molecule has 0 bridgehead atoms. The van der Waals surface area contributed by atoms with Gasteiger partial charge in [-0.15, -0.1) is 0 Å². The molecular weight excluding hydrogens is 399 g/mol. The highest BCUT2D eigenvalue weighted by Gasteiger charge is 2.74. The fourth-order valence-electron chi connectivity index (χ4n) is 3.19. The number of alkyl halides is 9. The first kappa shape index (κ1) is 23.6. The van der Waals surface area contributed by atoms with E-state index in [-0.39, 0.29) is 5.57 Å². The predicted octanol–water partition coefficient (Wildman–Crippen LogP) is 4.70. The quantitative estimate of drug-likeness (QED) is 0.411. The van der Waals surface area contributed by atoms with Crippen molar-refractivity contribution in [2.24, 2.45) is 11.8 Å². The Bertz CT molecular complexity index is 548. The Balaban J connectivity index is 3.25. The van der Waals surface area contributed by atoms with Gasteiger partial charge in [0.25, 0.3) is 5.60 Å². The lowest BCUT2D eigenvalue weighted by Crippen LogP contribution is -2.63. The normalized spacial score (nSPS) is 25.2. The minimum atomic E-state index is -6.18. The average Bonchev–Trinajstić information content (AvgIpc) is 2.41. The van der Waals surface area contributed by atoms with Crippen LogP contribution < -0.4 is 0 Å². The minimum absolute atomic E-state index is 0.230. The van der Waals surface area contributed by atoms with E-state index >= 15 is 0 Å². The van der Waals surface area contributed by atoms with Gasteiger partial charge in [0.1, 0.15) is 6.10 Å². The van der Waals surface area contributed by atoms with E-state index < -0.39 is 73.7 Å². The summed E-state index contributed by atoms with van der Waals surface area (Å²) >= 11 is 0. The molecule has 1 saturated carbocycles. The predicted molar refractivity (Wildman–Crippen MR) is 73.3 cm³/mol. The number of rotatable bonds is 4. The molecule has 12 heteroatoms. The lowest BCUT2D eigenvalue weighted by atomic mass is 9.70. The van der Waals surface area contributed by atoms with Crippen molar-refractivity contribution in [3.05, 3.63) is 12.2 Å². The Hall–Kier alpha value is -1.46. The highest BCUT2D eigenvalue weighted by Crippen LogP contribution is 2.53. The summed E-state index contributed by atoms with van der Waals surface area (Å²) in [6, 6.07) is 0. The molecule has 0 amide bonds. The monoisotopic (exact) mass is 416 g/mol. The molecular formula is C15H17F9O3. The summed E-state index contributed by atoms with van der Waals surface area (Å²) in [5, 5.41) is 9.50. The molecule has 0 aromatic carbocycles. The molecule has 1 N–H and O–H groups in total. The molecule has 0 saturated heterocycles. The van der Waals surface area contributed by atoms with Crippen LogP contribution in [0.25, 0.3) is 0 Å². The van der Waals surface area contributed by atoms with Gasteiger partial charge < -0.3 is 9.84 Å². The van der Waals surface area contributed by atoms with Crippen LogP contribution in [-0.4, -0.2) is 41.3 Å². The number of carbonyl (C=O) groups is 1. The zero-order valence-corrected chi connectivity index (χ0v) is 13.9. The van der Waals surface area contributed by atoms with Crippen LogP contribution in [0, 0.1) is 11.8 Å². The largest absolute Gasteiger partial charge is 0.459 e. The summed E-state index contributed by atoms with van der Waals surface area (Å²) in [6.45, 7) is 4.33. The Morgan fingerprint density at radius 2 is 1.48 bits per heavy atom. The third kappa shape index (κ3) is 5.52. The molecule has 0 spiro atoms. The van der Waals surface area contributed by atoms with Crippen molar-refractivity contribution in [1.29, 1.82) is 0 Å². The van der Waals surface area contributed by atoms with E-state index in [1.54, 1.807) is 0 Å². The van der Waals surface area contributed by atoms with Crippen molar-refractivity contribution in [3.8, 4) is 0 Å². The maximum absolute atomic E-state index is 13.1. The number of hydrogen-bond acceptors (Lipinski definition) is 3. The summed E-state index contributed by atoms with van der Waals surface area (Å²) in [5.41, 5.74) is -5.45. The molecule has 0 radical (unpaired) electrons. The molecule has 3 nitrogen and oxygen atoms in total. The molecule has 158 valence electrons. The number of hydrogen-bond donors (Lipinski definition) is 1. The Morgan fingerprint density at radius 1 is 1.00 bits per heavy atom. The van der Waals surface area contributed by atoms with Crippen LogP contribution in [0.2, 0.25) is 0 Å². The van der Waals surface area contributed by atoms with E-state index in [9.17, 15) is 49.4 Å². The molecule has 1 aliphatic carbocycles. The number of esters is 1. The van der Waals surface area contributed by atoms with Crippen LogP contribution in [0.15, 0.2) is 12.2 Å². The van der Waals surface area contributed by atoms with E-state index in [2.05, 4.69) is 6.58 Å². The van der Waals surface area contributed by atoms with Crippen LogP contribution in [-0.2, 0) is 9.53 Å². The van der Waals surface area contributed by atoms with Gasteiger partial charge in [-0.05, 0) is 32.1 Å². The molecule has 3 atom stereocenters. The second kappa shape index (κ2) is 7.51. The second-order valence-electron chi connectivity index (χ2n) is 6.66. The van der Waals surface area contributed by atoms with E-state index in [0.717, 1.165) is 6.92 Å². The number of carbonyl (C=O) groups excluding carboxylic acids is 1. The zero-order chi connectivity index (χ0) is 21.4. The summed E-state index contributed by atoms with van der Waals surface area (Å²) in [5.74, 6) is -5.52. The topological polar surface area (TPSA) is 46.5 Å². The molecule has 0 heterocycles. The van der Waals surface area contributed by atoms with Crippen LogP contribution in [0.5, 0.6) is 0 Å². The van der Waals surface area contributed by atoms with Gasteiger partial charge in [-0.2, -0.15) is 39.5 Å². The van der Waals surface area contributed by atoms with Crippen molar-refractivity contribution in [2.75, 3.05) is 0 Å². The Kier molecular flexibility index (Phi) is 6.56. The molecule has 0 aromatic heterocycles. The maximum atomic E-state index is 13.1. The van der Waals surface area contributed by atoms with Gasteiger partial charge >= 0.3 is 24.5 Å². The van der Waals surface area contributed by atoms with E-state index in [0.29, 0.717) is 0 Å². The van der Waals surface area contributed by atoms with Crippen molar-refractivity contribution >= 4 is 5.97 Å². The minimum Gasteiger partial charge on any atom is -0.459 e. The molecule has 0 aromatic rings. The van der Waals surface area contributed by atoms with Crippen molar-refractivity contribution in [2.45, 2.75) is 62.8 Å². The molecule has 1 rings (SSSR count). The molecule has 0 aliphatic heterocycles. The Labute approximate surface area is 148 Å². The smallest absolute Gasteiger partial charge is 0.426 e. The van der Waals surface area contributed by atoms with Gasteiger partial charge in [0, 0.05) is 17.9 Å². The van der Waals surface area contributed by atoms with Gasteiger partial charge in [-0.25, -0.2) is 4.79 Å². The SMILES string of the molecule is C=C(C)C(=O)OC1CC(CC(F)(F)F)CC(C(O)(C(F)(F)F)C(F)(F)F)C1. The maximum Gasteiger partial charge on any atom is 0.426 e. The first-order chi connectivity index (χ1) is 11.9. The molecule has 27 heavy (non-hydrogen) atoms. The first-order valence-corrected chi connectivity index (χ1v) is 7.67. The number of ether oxygens (including phenoxy) is 1.